The van der Waals surface area contributed by atoms with Gasteiger partial charge in [0.25, 0.3) is 0 Å². The van der Waals surface area contributed by atoms with Gasteiger partial charge in [0.2, 0.25) is 5.91 Å². The van der Waals surface area contributed by atoms with Gasteiger partial charge in [-0.3, -0.25) is 4.79 Å². The Bertz CT molecular complexity index is 375. The number of hydrogen-bond donors (Lipinski definition) is 0. The number of carbonyl (C=O) groups excluding carboxylic acids is 1. The average molecular weight is 238 g/mol. The highest BCUT2D eigenvalue weighted by Crippen LogP contribution is 2.18. The second kappa shape index (κ2) is 4.95. The van der Waals surface area contributed by atoms with Gasteiger partial charge in [0, 0.05) is 18.0 Å². The molecule has 1 atom stereocenters. The maximum absolute atomic E-state index is 12.1. The van der Waals surface area contributed by atoms with Crippen LogP contribution in [-0.2, 0) is 11.2 Å². The van der Waals surface area contributed by atoms with Gasteiger partial charge in [-0.1, -0.05) is 6.92 Å². The third-order valence-electron chi connectivity index (χ3n) is 3.17. The van der Waals surface area contributed by atoms with Crippen LogP contribution in [0.5, 0.6) is 0 Å². The van der Waals surface area contributed by atoms with Crippen molar-refractivity contribution >= 4 is 17.2 Å². The molecule has 1 aromatic rings. The Morgan fingerprint density at radius 2 is 2.50 bits per heavy atom. The van der Waals surface area contributed by atoms with Crippen molar-refractivity contribution in [2.24, 2.45) is 5.92 Å². The van der Waals surface area contributed by atoms with Crippen molar-refractivity contribution in [3.63, 3.8) is 0 Å². The van der Waals surface area contributed by atoms with E-state index in [1.807, 2.05) is 17.3 Å². The molecule has 1 unspecified atom stereocenters. The summed E-state index contributed by atoms with van der Waals surface area (Å²) in [6, 6.07) is 0. The van der Waals surface area contributed by atoms with Crippen molar-refractivity contribution in [1.29, 1.82) is 0 Å². The maximum atomic E-state index is 12.1. The van der Waals surface area contributed by atoms with Crippen LogP contribution in [0.4, 0.5) is 0 Å². The van der Waals surface area contributed by atoms with Crippen molar-refractivity contribution < 1.29 is 4.79 Å². The molecule has 0 N–H and O–H groups in total. The van der Waals surface area contributed by atoms with Crippen molar-refractivity contribution in [2.45, 2.75) is 33.1 Å². The molecular formula is C12H18N2OS. The van der Waals surface area contributed by atoms with Gasteiger partial charge < -0.3 is 4.90 Å². The van der Waals surface area contributed by atoms with Crippen molar-refractivity contribution in [2.75, 3.05) is 13.1 Å². The van der Waals surface area contributed by atoms with Gasteiger partial charge >= 0.3 is 0 Å². The Hall–Kier alpha value is -0.900. The summed E-state index contributed by atoms with van der Waals surface area (Å²) >= 11 is 1.58. The number of nitrogens with zero attached hydrogens (tertiary/aromatic N) is 2. The zero-order valence-electron chi connectivity index (χ0n) is 9.90. The molecule has 0 spiro atoms. The molecule has 0 saturated carbocycles. The van der Waals surface area contributed by atoms with Gasteiger partial charge in [-0.15, -0.1) is 11.3 Å². The lowest BCUT2D eigenvalue weighted by atomic mass is 10.00. The van der Waals surface area contributed by atoms with E-state index in [4.69, 9.17) is 0 Å². The molecule has 0 aromatic carbocycles. The Morgan fingerprint density at radius 3 is 3.12 bits per heavy atom. The summed E-state index contributed by atoms with van der Waals surface area (Å²) in [5, 5.41) is 0. The van der Waals surface area contributed by atoms with E-state index in [0.717, 1.165) is 30.1 Å². The first-order valence-corrected chi connectivity index (χ1v) is 6.71. The molecule has 16 heavy (non-hydrogen) atoms. The first-order chi connectivity index (χ1) is 7.66. The van der Waals surface area contributed by atoms with Gasteiger partial charge in [0.15, 0.2) is 0 Å². The Labute approximate surface area is 100 Å². The van der Waals surface area contributed by atoms with Crippen molar-refractivity contribution in [1.82, 2.24) is 9.88 Å². The van der Waals surface area contributed by atoms with Gasteiger partial charge in [0.1, 0.15) is 0 Å². The summed E-state index contributed by atoms with van der Waals surface area (Å²) in [5.74, 6) is 0.916. The largest absolute Gasteiger partial charge is 0.342 e. The van der Waals surface area contributed by atoms with E-state index in [-0.39, 0.29) is 5.91 Å². The molecule has 1 saturated heterocycles. The number of aryl methyl sites for hydroxylation is 1. The third kappa shape index (κ3) is 2.61. The Morgan fingerprint density at radius 1 is 1.69 bits per heavy atom. The smallest absolute Gasteiger partial charge is 0.227 e. The van der Waals surface area contributed by atoms with E-state index in [1.54, 1.807) is 11.3 Å². The molecular weight excluding hydrogens is 220 g/mol. The van der Waals surface area contributed by atoms with E-state index in [9.17, 15) is 4.79 Å². The molecule has 1 aliphatic rings. The molecule has 1 aromatic heterocycles. The standard InChI is InChI=1S/C12H18N2OS/c1-9-4-3-5-14(7-9)12(15)6-11-10(2)13-8-16-11/h8-9H,3-7H2,1-2H3. The fourth-order valence-electron chi connectivity index (χ4n) is 2.16. The quantitative estimate of drug-likeness (QED) is 0.791. The minimum absolute atomic E-state index is 0.263. The van der Waals surface area contributed by atoms with Crippen LogP contribution >= 0.6 is 11.3 Å². The minimum Gasteiger partial charge on any atom is -0.342 e. The number of amides is 1. The number of thiazole rings is 1. The van der Waals surface area contributed by atoms with Crippen LogP contribution in [0.1, 0.15) is 30.3 Å². The number of piperidine rings is 1. The summed E-state index contributed by atoms with van der Waals surface area (Å²) in [6.45, 7) is 6.05. The van der Waals surface area contributed by atoms with Crippen LogP contribution < -0.4 is 0 Å². The first-order valence-electron chi connectivity index (χ1n) is 5.83. The molecule has 2 heterocycles. The third-order valence-corrected chi connectivity index (χ3v) is 4.10. The number of carbonyl (C=O) groups is 1. The van der Waals surface area contributed by atoms with Gasteiger partial charge in [0.05, 0.1) is 17.6 Å². The molecule has 4 heteroatoms. The second-order valence-corrected chi connectivity index (χ2v) is 5.56. The monoisotopic (exact) mass is 238 g/mol. The molecule has 1 fully saturated rings. The molecule has 1 aliphatic heterocycles. The first kappa shape index (κ1) is 11.6. The number of likely N-dealkylation sites (tertiary alicyclic amines) is 1. The van der Waals surface area contributed by atoms with Crippen LogP contribution in [-0.4, -0.2) is 28.9 Å². The molecule has 88 valence electrons. The van der Waals surface area contributed by atoms with Gasteiger partial charge in [-0.2, -0.15) is 0 Å². The average Bonchev–Trinajstić information content (AvgIpc) is 2.64. The van der Waals surface area contributed by atoms with Crippen molar-refractivity contribution in [3.05, 3.63) is 16.1 Å². The van der Waals surface area contributed by atoms with E-state index >= 15 is 0 Å². The lowest BCUT2D eigenvalue weighted by Gasteiger charge is -2.30. The molecule has 2 rings (SSSR count). The number of hydrogen-bond acceptors (Lipinski definition) is 3. The number of rotatable bonds is 2. The molecule has 1 amide bonds. The zero-order valence-corrected chi connectivity index (χ0v) is 10.7. The fraction of sp³-hybridized carbons (Fsp3) is 0.667. The highest BCUT2D eigenvalue weighted by molar-refractivity contribution is 7.09. The maximum Gasteiger partial charge on any atom is 0.227 e. The highest BCUT2D eigenvalue weighted by atomic mass is 32.1. The van der Waals surface area contributed by atoms with Crippen LogP contribution in [0, 0.1) is 12.8 Å². The summed E-state index contributed by atoms with van der Waals surface area (Å²) in [4.78, 5) is 19.4. The molecule has 0 radical (unpaired) electrons. The van der Waals surface area contributed by atoms with Crippen LogP contribution in [0.3, 0.4) is 0 Å². The summed E-state index contributed by atoms with van der Waals surface area (Å²) in [5.41, 5.74) is 2.82. The fourth-order valence-corrected chi connectivity index (χ4v) is 2.93. The van der Waals surface area contributed by atoms with Crippen molar-refractivity contribution in [3.8, 4) is 0 Å². The molecule has 0 bridgehead atoms. The normalized spacial score (nSPS) is 21.1. The number of aromatic nitrogens is 1. The van der Waals surface area contributed by atoms with E-state index < -0.39 is 0 Å². The Kier molecular flexibility index (Phi) is 3.59. The summed E-state index contributed by atoms with van der Waals surface area (Å²) < 4.78 is 0. The molecule has 3 nitrogen and oxygen atoms in total. The van der Waals surface area contributed by atoms with E-state index in [1.165, 1.54) is 6.42 Å². The van der Waals surface area contributed by atoms with E-state index in [0.29, 0.717) is 12.3 Å². The predicted molar refractivity (Wildman–Crippen MR) is 65.5 cm³/mol. The Balaban J connectivity index is 1.95. The van der Waals surface area contributed by atoms with Crippen LogP contribution in [0.2, 0.25) is 0 Å². The highest BCUT2D eigenvalue weighted by Gasteiger charge is 2.21. The second-order valence-electron chi connectivity index (χ2n) is 4.62. The SMILES string of the molecule is Cc1ncsc1CC(=O)N1CCCC(C)C1. The molecule has 0 aliphatic carbocycles. The lowest BCUT2D eigenvalue weighted by molar-refractivity contribution is -0.132. The van der Waals surface area contributed by atoms with E-state index in [2.05, 4.69) is 11.9 Å². The zero-order chi connectivity index (χ0) is 11.5. The van der Waals surface area contributed by atoms with Crippen LogP contribution in [0.15, 0.2) is 5.51 Å². The minimum atomic E-state index is 0.263. The summed E-state index contributed by atoms with van der Waals surface area (Å²) in [7, 11) is 0. The van der Waals surface area contributed by atoms with Gasteiger partial charge in [-0.25, -0.2) is 4.98 Å². The topological polar surface area (TPSA) is 33.2 Å². The predicted octanol–water partition coefficient (Wildman–Crippen LogP) is 2.25. The van der Waals surface area contributed by atoms with Gasteiger partial charge in [-0.05, 0) is 25.7 Å². The van der Waals surface area contributed by atoms with Crippen LogP contribution in [0.25, 0.3) is 0 Å². The summed E-state index contributed by atoms with van der Waals surface area (Å²) in [6.07, 6.45) is 2.93. The lowest BCUT2D eigenvalue weighted by Crippen LogP contribution is -2.39.